The maximum atomic E-state index is 14.6. The van der Waals surface area contributed by atoms with Gasteiger partial charge in [-0.2, -0.15) is 0 Å². The van der Waals surface area contributed by atoms with E-state index in [2.05, 4.69) is 20.0 Å². The average molecular weight is 585 g/mol. The second kappa shape index (κ2) is 9.50. The van der Waals surface area contributed by atoms with Crippen LogP contribution >= 0.6 is 34.5 Å². The van der Waals surface area contributed by atoms with Crippen LogP contribution in [0.25, 0.3) is 26.3 Å². The molecule has 0 aliphatic heterocycles. The number of benzene rings is 1. The van der Waals surface area contributed by atoms with Gasteiger partial charge < -0.3 is 14.4 Å². The molecule has 3 saturated carbocycles. The highest BCUT2D eigenvalue weighted by Gasteiger charge is 2.56. The summed E-state index contributed by atoms with van der Waals surface area (Å²) >= 11 is 14.2. The molecule has 2 unspecified atom stereocenters. The number of aromatic nitrogens is 3. The third kappa shape index (κ3) is 4.16. The van der Waals surface area contributed by atoms with Crippen LogP contribution in [-0.2, 0) is 16.9 Å². The second-order valence-electron chi connectivity index (χ2n) is 10.7. The van der Waals surface area contributed by atoms with Gasteiger partial charge in [-0.1, -0.05) is 28.4 Å². The highest BCUT2D eigenvalue weighted by atomic mass is 35.5. The number of aliphatic hydroxyl groups is 1. The van der Waals surface area contributed by atoms with Crippen molar-refractivity contribution in [1.29, 1.82) is 0 Å². The van der Waals surface area contributed by atoms with Gasteiger partial charge in [0.1, 0.15) is 33.4 Å². The molecule has 39 heavy (non-hydrogen) atoms. The van der Waals surface area contributed by atoms with Crippen LogP contribution in [0.2, 0.25) is 10.0 Å². The molecule has 1 aromatic carbocycles. The molecule has 3 aliphatic rings. The first-order valence-electron chi connectivity index (χ1n) is 13.0. The largest absolute Gasteiger partial charge is 0.382 e. The SMILES string of the molecule is [C-]#[N+]c1cc(F)c2nc(C3(O)[C@@H]4CC[C@H]3CC(OCc3c(-c5c(Cl)cncc5Cl)noc3C3CC3)C4)sc2c1. The van der Waals surface area contributed by atoms with Gasteiger partial charge in [0.05, 0.1) is 29.3 Å². The standard InChI is InChI=1S/C28H23Cl2FN4O3S/c1-32-16-8-21(31)25-22(9-16)39-27(34-25)28(36)14-4-5-15(28)7-17(6-14)37-12-18-24(35-38-26(18)13-2-3-13)23-19(29)10-33-11-20(23)30/h8-11,13-15,17,36H,2-7,12H2/t14-,15+,17?,28?. The number of pyridine rings is 1. The van der Waals surface area contributed by atoms with Crippen molar-refractivity contribution in [3.05, 3.63) is 68.1 Å². The van der Waals surface area contributed by atoms with E-state index in [1.54, 1.807) is 6.07 Å². The Balaban J connectivity index is 1.14. The number of hydrogen-bond acceptors (Lipinski definition) is 7. The van der Waals surface area contributed by atoms with Crippen molar-refractivity contribution in [2.24, 2.45) is 11.8 Å². The molecule has 3 aliphatic carbocycles. The number of fused-ring (bicyclic) bond motifs is 3. The molecule has 7 nitrogen and oxygen atoms in total. The van der Waals surface area contributed by atoms with E-state index in [4.69, 9.17) is 39.0 Å². The van der Waals surface area contributed by atoms with Crippen molar-refractivity contribution in [2.75, 3.05) is 0 Å². The zero-order valence-corrected chi connectivity index (χ0v) is 23.0. The first-order chi connectivity index (χ1) is 18.9. The molecular formula is C28H23Cl2FN4O3S. The summed E-state index contributed by atoms with van der Waals surface area (Å²) in [4.78, 5) is 11.9. The van der Waals surface area contributed by atoms with E-state index in [0.29, 0.717) is 56.4 Å². The Kier molecular flexibility index (Phi) is 6.18. The lowest BCUT2D eigenvalue weighted by atomic mass is 9.73. The minimum Gasteiger partial charge on any atom is -0.382 e. The van der Waals surface area contributed by atoms with Crippen LogP contribution in [0.15, 0.2) is 29.0 Å². The Hall–Kier alpha value is -2.61. The predicted octanol–water partition coefficient (Wildman–Crippen LogP) is 7.81. The molecule has 3 fully saturated rings. The van der Waals surface area contributed by atoms with Crippen molar-refractivity contribution in [3.63, 3.8) is 0 Å². The van der Waals surface area contributed by atoms with Crippen LogP contribution in [0.4, 0.5) is 10.1 Å². The van der Waals surface area contributed by atoms with E-state index in [-0.39, 0.29) is 29.1 Å². The van der Waals surface area contributed by atoms with E-state index < -0.39 is 11.4 Å². The highest BCUT2D eigenvalue weighted by molar-refractivity contribution is 7.18. The second-order valence-corrected chi connectivity index (χ2v) is 12.6. The summed E-state index contributed by atoms with van der Waals surface area (Å²) < 4.78 is 27.4. The number of halogens is 3. The van der Waals surface area contributed by atoms with Gasteiger partial charge in [0.15, 0.2) is 5.69 Å². The van der Waals surface area contributed by atoms with Crippen LogP contribution in [0.3, 0.4) is 0 Å². The van der Waals surface area contributed by atoms with Crippen LogP contribution in [0, 0.1) is 24.2 Å². The number of rotatable bonds is 6. The first-order valence-corrected chi connectivity index (χ1v) is 14.5. The molecule has 3 aromatic heterocycles. The van der Waals surface area contributed by atoms with E-state index in [0.717, 1.165) is 37.0 Å². The van der Waals surface area contributed by atoms with Gasteiger partial charge in [0.25, 0.3) is 0 Å². The van der Waals surface area contributed by atoms with Gasteiger partial charge in [0, 0.05) is 34.1 Å². The maximum absolute atomic E-state index is 14.6. The lowest BCUT2D eigenvalue weighted by Gasteiger charge is -2.41. The molecule has 200 valence electrons. The minimum absolute atomic E-state index is 0.0564. The van der Waals surface area contributed by atoms with Crippen LogP contribution < -0.4 is 0 Å². The molecule has 0 spiro atoms. The zero-order chi connectivity index (χ0) is 26.9. The van der Waals surface area contributed by atoms with Crippen molar-refractivity contribution in [1.82, 2.24) is 15.1 Å². The smallest absolute Gasteiger partial charge is 0.191 e. The van der Waals surface area contributed by atoms with E-state index in [9.17, 15) is 9.50 Å². The van der Waals surface area contributed by atoms with Gasteiger partial charge in [-0.15, -0.1) is 11.3 Å². The summed E-state index contributed by atoms with van der Waals surface area (Å²) in [6, 6.07) is 2.84. The third-order valence-electron chi connectivity index (χ3n) is 8.43. The molecule has 0 saturated heterocycles. The van der Waals surface area contributed by atoms with Gasteiger partial charge in [-0.3, -0.25) is 4.98 Å². The summed E-state index contributed by atoms with van der Waals surface area (Å²) in [6.45, 7) is 7.52. The zero-order valence-electron chi connectivity index (χ0n) is 20.7. The minimum atomic E-state index is -1.13. The van der Waals surface area contributed by atoms with Gasteiger partial charge >= 0.3 is 0 Å². The van der Waals surface area contributed by atoms with Crippen molar-refractivity contribution < 1.29 is 18.8 Å². The monoisotopic (exact) mass is 584 g/mol. The molecular weight excluding hydrogens is 562 g/mol. The Bertz CT molecular complexity index is 1610. The number of thiazole rings is 1. The van der Waals surface area contributed by atoms with Gasteiger partial charge in [-0.05, 0) is 62.5 Å². The predicted molar refractivity (Wildman–Crippen MR) is 145 cm³/mol. The Morgan fingerprint density at radius 2 is 1.87 bits per heavy atom. The summed E-state index contributed by atoms with van der Waals surface area (Å²) in [5.41, 5.74) is 1.35. The highest BCUT2D eigenvalue weighted by Crippen LogP contribution is 2.57. The quantitative estimate of drug-likeness (QED) is 0.232. The normalized spacial score (nSPS) is 26.3. The molecule has 0 radical (unpaired) electrons. The summed E-state index contributed by atoms with van der Waals surface area (Å²) in [5.74, 6) is 0.497. The maximum Gasteiger partial charge on any atom is 0.191 e. The molecule has 2 bridgehead atoms. The Labute approximate surface area is 237 Å². The number of ether oxygens (including phenoxy) is 1. The molecule has 4 aromatic rings. The summed E-state index contributed by atoms with van der Waals surface area (Å²) in [6.07, 6.45) is 8.11. The summed E-state index contributed by atoms with van der Waals surface area (Å²) in [5, 5.41) is 17.6. The third-order valence-corrected chi connectivity index (χ3v) is 10.1. The Morgan fingerprint density at radius 1 is 1.15 bits per heavy atom. The van der Waals surface area contributed by atoms with Crippen molar-refractivity contribution in [2.45, 2.75) is 62.8 Å². The molecule has 0 amide bonds. The van der Waals surface area contributed by atoms with E-state index in [1.165, 1.54) is 29.8 Å². The lowest BCUT2D eigenvalue weighted by Crippen LogP contribution is -2.44. The van der Waals surface area contributed by atoms with Crippen LogP contribution in [0.5, 0.6) is 0 Å². The molecule has 7 rings (SSSR count). The number of hydrogen-bond donors (Lipinski definition) is 1. The van der Waals surface area contributed by atoms with Crippen molar-refractivity contribution in [3.8, 4) is 11.3 Å². The molecule has 11 heteroatoms. The molecule has 3 heterocycles. The lowest BCUT2D eigenvalue weighted by molar-refractivity contribution is -0.116. The van der Waals surface area contributed by atoms with Gasteiger partial charge in [-0.25, -0.2) is 14.2 Å². The summed E-state index contributed by atoms with van der Waals surface area (Å²) in [7, 11) is 0. The molecule has 4 atom stereocenters. The average Bonchev–Trinajstić information content (AvgIpc) is 3.49. The van der Waals surface area contributed by atoms with Crippen LogP contribution in [-0.4, -0.2) is 26.3 Å². The fourth-order valence-corrected chi connectivity index (χ4v) is 8.17. The topological polar surface area (TPSA) is 85.6 Å². The first kappa shape index (κ1) is 25.4. The Morgan fingerprint density at radius 3 is 2.54 bits per heavy atom. The molecule has 1 N–H and O–H groups in total. The fourth-order valence-electron chi connectivity index (χ4n) is 6.36. The van der Waals surface area contributed by atoms with Crippen molar-refractivity contribution >= 4 is 50.4 Å². The van der Waals surface area contributed by atoms with E-state index >= 15 is 0 Å². The fraction of sp³-hybridized carbons (Fsp3) is 0.429. The number of nitrogens with zero attached hydrogens (tertiary/aromatic N) is 4. The van der Waals surface area contributed by atoms with E-state index in [1.807, 2.05) is 0 Å². The van der Waals surface area contributed by atoms with Gasteiger partial charge in [0.2, 0.25) is 0 Å². The van der Waals surface area contributed by atoms with Crippen LogP contribution in [0.1, 0.15) is 60.8 Å².